The van der Waals surface area contributed by atoms with Crippen molar-refractivity contribution in [1.29, 1.82) is 0 Å². The number of hydrogen-bond donors (Lipinski definition) is 2. The minimum atomic E-state index is -0.745. The first-order chi connectivity index (χ1) is 15.3. The Hall–Kier alpha value is -3.53. The number of halogens is 3. The molecule has 0 aliphatic heterocycles. The third-order valence-electron chi connectivity index (χ3n) is 5.03. The lowest BCUT2D eigenvalue weighted by molar-refractivity contribution is 0.102. The van der Waals surface area contributed by atoms with Crippen molar-refractivity contribution in [1.82, 2.24) is 20.1 Å². The van der Waals surface area contributed by atoms with E-state index in [9.17, 15) is 18.4 Å². The van der Waals surface area contributed by atoms with Crippen LogP contribution in [0.1, 0.15) is 39.8 Å². The first-order valence-electron chi connectivity index (χ1n) is 9.67. The number of alkyl carbamates (subject to hydrolysis) is 1. The number of carbonyl (C=O) groups excluding carboxylic acids is 2. The van der Waals surface area contributed by atoms with Crippen LogP contribution in [0.15, 0.2) is 36.7 Å². The molecule has 1 aliphatic carbocycles. The highest BCUT2D eigenvalue weighted by Gasteiger charge is 2.31. The normalized spacial score (nSPS) is 14.7. The van der Waals surface area contributed by atoms with Crippen molar-refractivity contribution in [2.24, 2.45) is 7.05 Å². The van der Waals surface area contributed by atoms with Crippen LogP contribution in [-0.4, -0.2) is 26.8 Å². The molecule has 2 N–H and O–H groups in total. The van der Waals surface area contributed by atoms with Crippen LogP contribution in [0.5, 0.6) is 0 Å². The third kappa shape index (κ3) is 4.54. The van der Waals surface area contributed by atoms with E-state index in [2.05, 4.69) is 20.7 Å². The number of anilines is 1. The standard InChI is InChI=1S/C21H18ClF2N5O3/c1-29-10-25-18(28-29)9-32-21(31)27-17-7-4-12-13(3-6-16(24)19(12)17)20(30)26-11-2-5-15(23)14(22)8-11/h2-3,5-6,8,10,17H,4,7,9H2,1H3,(H,26,30)(H,27,31)/t17-/m0/s1. The summed E-state index contributed by atoms with van der Waals surface area (Å²) in [7, 11) is 1.69. The number of ether oxygens (including phenoxy) is 1. The summed E-state index contributed by atoms with van der Waals surface area (Å²) in [6, 6.07) is 5.70. The van der Waals surface area contributed by atoms with Gasteiger partial charge in [-0.2, -0.15) is 5.10 Å². The third-order valence-corrected chi connectivity index (χ3v) is 5.32. The van der Waals surface area contributed by atoms with E-state index in [1.165, 1.54) is 35.3 Å². The smallest absolute Gasteiger partial charge is 0.408 e. The van der Waals surface area contributed by atoms with Gasteiger partial charge in [0.1, 0.15) is 18.0 Å². The van der Waals surface area contributed by atoms with Crippen molar-refractivity contribution in [3.63, 3.8) is 0 Å². The second kappa shape index (κ2) is 8.91. The Morgan fingerprint density at radius 3 is 2.75 bits per heavy atom. The van der Waals surface area contributed by atoms with Crippen LogP contribution < -0.4 is 10.6 Å². The summed E-state index contributed by atoms with van der Waals surface area (Å²) in [5, 5.41) is 9.14. The van der Waals surface area contributed by atoms with Crippen molar-refractivity contribution in [2.45, 2.75) is 25.5 Å². The lowest BCUT2D eigenvalue weighted by atomic mass is 10.0. The first kappa shape index (κ1) is 21.7. The zero-order chi connectivity index (χ0) is 22.8. The van der Waals surface area contributed by atoms with Crippen molar-refractivity contribution in [3.8, 4) is 0 Å². The summed E-state index contributed by atoms with van der Waals surface area (Å²) >= 11 is 5.75. The minimum Gasteiger partial charge on any atom is -0.441 e. The fourth-order valence-electron chi connectivity index (χ4n) is 3.61. The van der Waals surface area contributed by atoms with Crippen molar-refractivity contribution in [3.05, 3.63) is 75.8 Å². The Balaban J connectivity index is 1.47. The molecule has 4 rings (SSSR count). The largest absolute Gasteiger partial charge is 0.441 e. The SMILES string of the molecule is Cn1cnc(COC(=O)N[C@H]2CCc3c(C(=O)Nc4ccc(F)c(Cl)c4)ccc(F)c32)n1. The number of nitrogens with one attached hydrogen (secondary N) is 2. The van der Waals surface area contributed by atoms with E-state index in [1.807, 2.05) is 0 Å². The van der Waals surface area contributed by atoms with E-state index in [0.29, 0.717) is 29.9 Å². The van der Waals surface area contributed by atoms with Crippen LogP contribution in [0.3, 0.4) is 0 Å². The number of benzene rings is 2. The van der Waals surface area contributed by atoms with Crippen molar-refractivity contribution in [2.75, 3.05) is 5.32 Å². The maximum absolute atomic E-state index is 14.6. The Morgan fingerprint density at radius 1 is 1.25 bits per heavy atom. The molecular weight excluding hydrogens is 444 g/mol. The molecule has 0 saturated heterocycles. The van der Waals surface area contributed by atoms with Gasteiger partial charge in [0.25, 0.3) is 5.91 Å². The highest BCUT2D eigenvalue weighted by molar-refractivity contribution is 6.31. The summed E-state index contributed by atoms with van der Waals surface area (Å²) in [5.74, 6) is -1.29. The number of hydrogen-bond acceptors (Lipinski definition) is 5. The molecule has 0 radical (unpaired) electrons. The molecule has 1 heterocycles. The van der Waals surface area contributed by atoms with Gasteiger partial charge in [-0.15, -0.1) is 0 Å². The number of fused-ring (bicyclic) bond motifs is 1. The number of rotatable bonds is 5. The highest BCUT2D eigenvalue weighted by Crippen LogP contribution is 2.36. The summed E-state index contributed by atoms with van der Waals surface area (Å²) < 4.78 is 34.5. The molecule has 3 aromatic rings. The van der Waals surface area contributed by atoms with Gasteiger partial charge < -0.3 is 15.4 Å². The monoisotopic (exact) mass is 461 g/mol. The molecule has 2 amide bonds. The Bertz CT molecular complexity index is 1200. The van der Waals surface area contributed by atoms with Gasteiger partial charge in [-0.1, -0.05) is 11.6 Å². The van der Waals surface area contributed by atoms with E-state index in [1.54, 1.807) is 7.05 Å². The van der Waals surface area contributed by atoms with Crippen molar-refractivity contribution < 1.29 is 23.1 Å². The molecule has 11 heteroatoms. The zero-order valence-corrected chi connectivity index (χ0v) is 17.6. The molecule has 166 valence electrons. The molecule has 1 aliphatic rings. The van der Waals surface area contributed by atoms with Gasteiger partial charge in [-0.25, -0.2) is 18.6 Å². The first-order valence-corrected chi connectivity index (χ1v) is 10.0. The minimum absolute atomic E-state index is 0.128. The maximum atomic E-state index is 14.6. The molecule has 1 atom stereocenters. The van der Waals surface area contributed by atoms with Crippen LogP contribution in [0, 0.1) is 11.6 Å². The molecule has 8 nitrogen and oxygen atoms in total. The van der Waals surface area contributed by atoms with E-state index < -0.39 is 29.7 Å². The second-order valence-electron chi connectivity index (χ2n) is 7.22. The van der Waals surface area contributed by atoms with Gasteiger partial charge in [0.05, 0.1) is 11.1 Å². The van der Waals surface area contributed by atoms with Gasteiger partial charge in [-0.05, 0) is 48.7 Å². The number of aromatic nitrogens is 3. The van der Waals surface area contributed by atoms with Crippen LogP contribution >= 0.6 is 11.6 Å². The molecule has 32 heavy (non-hydrogen) atoms. The van der Waals surface area contributed by atoms with Crippen LogP contribution in [0.4, 0.5) is 19.3 Å². The van der Waals surface area contributed by atoms with Gasteiger partial charge in [0.15, 0.2) is 12.4 Å². The lowest BCUT2D eigenvalue weighted by Gasteiger charge is -2.16. The topological polar surface area (TPSA) is 98.1 Å². The number of aryl methyl sites for hydroxylation is 1. The molecule has 0 saturated carbocycles. The molecule has 2 aromatic carbocycles. The molecule has 0 spiro atoms. The van der Waals surface area contributed by atoms with E-state index in [4.69, 9.17) is 16.3 Å². The lowest BCUT2D eigenvalue weighted by Crippen LogP contribution is -2.28. The van der Waals surface area contributed by atoms with Gasteiger partial charge in [-0.3, -0.25) is 9.48 Å². The predicted molar refractivity (Wildman–Crippen MR) is 111 cm³/mol. The number of carbonyl (C=O) groups is 2. The van der Waals surface area contributed by atoms with E-state index >= 15 is 0 Å². The highest BCUT2D eigenvalue weighted by atomic mass is 35.5. The van der Waals surface area contributed by atoms with E-state index in [-0.39, 0.29) is 22.8 Å². The van der Waals surface area contributed by atoms with Gasteiger partial charge >= 0.3 is 6.09 Å². The van der Waals surface area contributed by atoms with Crippen molar-refractivity contribution >= 4 is 29.3 Å². The van der Waals surface area contributed by atoms with Gasteiger partial charge in [0, 0.05) is 23.9 Å². The molecule has 0 bridgehead atoms. The average Bonchev–Trinajstić information content (AvgIpc) is 3.36. The number of amides is 2. The molecular formula is C21H18ClF2N5O3. The van der Waals surface area contributed by atoms with Crippen LogP contribution in [0.2, 0.25) is 5.02 Å². The predicted octanol–water partition coefficient (Wildman–Crippen LogP) is 3.91. The van der Waals surface area contributed by atoms with Crippen LogP contribution in [0.25, 0.3) is 0 Å². The summed E-state index contributed by atoms with van der Waals surface area (Å²) in [6.07, 6.45) is 1.51. The van der Waals surface area contributed by atoms with E-state index in [0.717, 1.165) is 6.07 Å². The molecule has 0 unspecified atom stereocenters. The Morgan fingerprint density at radius 2 is 2.03 bits per heavy atom. The molecule has 1 aromatic heterocycles. The fourth-order valence-corrected chi connectivity index (χ4v) is 3.79. The second-order valence-corrected chi connectivity index (χ2v) is 7.62. The zero-order valence-electron chi connectivity index (χ0n) is 16.9. The van der Waals surface area contributed by atoms with Gasteiger partial charge in [0.2, 0.25) is 0 Å². The molecule has 0 fully saturated rings. The quantitative estimate of drug-likeness (QED) is 0.600. The maximum Gasteiger partial charge on any atom is 0.408 e. The average molecular weight is 462 g/mol. The summed E-state index contributed by atoms with van der Waals surface area (Å²) in [5.41, 5.74) is 1.30. The summed E-state index contributed by atoms with van der Waals surface area (Å²) in [6.45, 7) is -0.128. The fraction of sp³-hybridized carbons (Fsp3) is 0.238. The summed E-state index contributed by atoms with van der Waals surface area (Å²) in [4.78, 5) is 28.9. The Labute approximate surface area is 186 Å². The number of nitrogens with zero attached hydrogens (tertiary/aromatic N) is 3. The van der Waals surface area contributed by atoms with Crippen LogP contribution in [-0.2, 0) is 24.8 Å². The Kier molecular flexibility index (Phi) is 6.04.